The van der Waals surface area contributed by atoms with Crippen molar-refractivity contribution >= 4 is 22.6 Å². The minimum atomic E-state index is 0.602. The predicted molar refractivity (Wildman–Crippen MR) is 79.0 cm³/mol. The van der Waals surface area contributed by atoms with E-state index in [-0.39, 0.29) is 0 Å². The van der Waals surface area contributed by atoms with Crippen molar-refractivity contribution in [1.29, 1.82) is 0 Å². The van der Waals surface area contributed by atoms with Crippen LogP contribution in [0, 0.1) is 6.92 Å². The van der Waals surface area contributed by atoms with Crippen LogP contribution in [0.5, 0.6) is 5.75 Å². The van der Waals surface area contributed by atoms with Gasteiger partial charge in [0, 0.05) is 17.0 Å². The number of methoxy groups -OCH3 is 1. The zero-order valence-electron chi connectivity index (χ0n) is 11.3. The van der Waals surface area contributed by atoms with Crippen molar-refractivity contribution in [2.45, 2.75) is 13.3 Å². The Bertz CT molecular complexity index is 773. The number of benzene rings is 1. The zero-order valence-corrected chi connectivity index (χ0v) is 12.1. The van der Waals surface area contributed by atoms with Crippen LogP contribution in [0.3, 0.4) is 0 Å². The molecule has 0 unspecified atom stereocenters. The quantitative estimate of drug-likeness (QED) is 0.692. The number of imidazole rings is 1. The molecule has 0 bridgehead atoms. The smallest absolute Gasteiger partial charge is 0.194 e. The van der Waals surface area contributed by atoms with Crippen molar-refractivity contribution in [1.82, 2.24) is 9.38 Å². The maximum Gasteiger partial charge on any atom is 0.194 e. The average Bonchev–Trinajstić information content (AvgIpc) is 3.00. The number of aromatic nitrogens is 2. The van der Waals surface area contributed by atoms with Crippen LogP contribution >= 0.6 is 11.3 Å². The number of aldehydes is 1. The summed E-state index contributed by atoms with van der Waals surface area (Å²) in [5, 5.41) is 0. The van der Waals surface area contributed by atoms with Gasteiger partial charge >= 0.3 is 0 Å². The Balaban J connectivity index is 2.00. The lowest BCUT2D eigenvalue weighted by molar-refractivity contribution is 0.111. The van der Waals surface area contributed by atoms with Gasteiger partial charge in [-0.05, 0) is 24.6 Å². The predicted octanol–water partition coefficient (Wildman–Crippen LogP) is 3.12. The maximum atomic E-state index is 11.0. The van der Waals surface area contributed by atoms with Crippen LogP contribution in [0.15, 0.2) is 30.5 Å². The Labute approximate surface area is 120 Å². The molecule has 0 aliphatic carbocycles. The molecular formula is C15H14N2O2S. The van der Waals surface area contributed by atoms with Crippen LogP contribution in [0.4, 0.5) is 0 Å². The standard InChI is InChI=1S/C15H14N2O2S/c1-10-14(7-11-4-3-5-13(6-11)19-2)20-15-16-8-12(9-18)17(10)15/h3-6,8-9H,7H2,1-2H3. The molecule has 3 aromatic rings. The Hall–Kier alpha value is -2.14. The van der Waals surface area contributed by atoms with E-state index in [4.69, 9.17) is 4.74 Å². The van der Waals surface area contributed by atoms with E-state index in [2.05, 4.69) is 11.1 Å². The summed E-state index contributed by atoms with van der Waals surface area (Å²) in [7, 11) is 1.67. The van der Waals surface area contributed by atoms with E-state index in [0.29, 0.717) is 5.69 Å². The number of carbonyl (C=O) groups is 1. The summed E-state index contributed by atoms with van der Waals surface area (Å²) >= 11 is 1.62. The Kier molecular flexibility index (Phi) is 3.28. The second kappa shape index (κ2) is 5.09. The second-order valence-corrected chi connectivity index (χ2v) is 5.62. The number of rotatable bonds is 4. The third-order valence-corrected chi connectivity index (χ3v) is 4.49. The molecule has 0 spiro atoms. The molecule has 0 atom stereocenters. The minimum absolute atomic E-state index is 0.602. The van der Waals surface area contributed by atoms with E-state index >= 15 is 0 Å². The van der Waals surface area contributed by atoms with Crippen LogP contribution in [0.25, 0.3) is 4.96 Å². The molecule has 0 N–H and O–H groups in total. The summed E-state index contributed by atoms with van der Waals surface area (Å²) in [5.41, 5.74) is 2.86. The summed E-state index contributed by atoms with van der Waals surface area (Å²) in [5.74, 6) is 0.857. The molecule has 2 aromatic heterocycles. The first-order valence-electron chi connectivity index (χ1n) is 6.26. The summed E-state index contributed by atoms with van der Waals surface area (Å²) in [6, 6.07) is 8.02. The van der Waals surface area contributed by atoms with Gasteiger partial charge < -0.3 is 4.74 Å². The summed E-state index contributed by atoms with van der Waals surface area (Å²) in [6.45, 7) is 2.02. The van der Waals surface area contributed by atoms with E-state index in [1.807, 2.05) is 29.5 Å². The van der Waals surface area contributed by atoms with E-state index in [9.17, 15) is 4.79 Å². The first-order chi connectivity index (χ1) is 9.72. The van der Waals surface area contributed by atoms with Crippen molar-refractivity contribution in [3.8, 4) is 5.75 Å². The van der Waals surface area contributed by atoms with Crippen LogP contribution in [0.1, 0.15) is 26.6 Å². The molecule has 20 heavy (non-hydrogen) atoms. The molecule has 0 aliphatic heterocycles. The van der Waals surface area contributed by atoms with Crippen LogP contribution in [-0.2, 0) is 6.42 Å². The molecule has 0 amide bonds. The number of ether oxygens (including phenoxy) is 1. The first kappa shape index (κ1) is 12.9. The Morgan fingerprint density at radius 3 is 3.05 bits per heavy atom. The fraction of sp³-hybridized carbons (Fsp3) is 0.200. The SMILES string of the molecule is COc1cccc(Cc2sc3ncc(C=O)n3c2C)c1. The third kappa shape index (κ3) is 2.10. The van der Waals surface area contributed by atoms with E-state index in [1.165, 1.54) is 10.4 Å². The van der Waals surface area contributed by atoms with Gasteiger partial charge in [-0.25, -0.2) is 4.98 Å². The number of hydrogen-bond acceptors (Lipinski definition) is 4. The fourth-order valence-electron chi connectivity index (χ4n) is 2.28. The molecule has 1 aromatic carbocycles. The van der Waals surface area contributed by atoms with Gasteiger partial charge in [0.25, 0.3) is 0 Å². The van der Waals surface area contributed by atoms with Crippen LogP contribution < -0.4 is 4.74 Å². The fourth-order valence-corrected chi connectivity index (χ4v) is 3.42. The number of aryl methyl sites for hydroxylation is 1. The number of nitrogens with zero attached hydrogens (tertiary/aromatic N) is 2. The monoisotopic (exact) mass is 286 g/mol. The lowest BCUT2D eigenvalue weighted by Gasteiger charge is -2.04. The molecule has 102 valence electrons. The highest BCUT2D eigenvalue weighted by Gasteiger charge is 2.13. The average molecular weight is 286 g/mol. The first-order valence-corrected chi connectivity index (χ1v) is 7.08. The summed E-state index contributed by atoms with van der Waals surface area (Å²) in [4.78, 5) is 17.4. The van der Waals surface area contributed by atoms with Crippen molar-refractivity contribution in [3.63, 3.8) is 0 Å². The Morgan fingerprint density at radius 2 is 2.30 bits per heavy atom. The van der Waals surface area contributed by atoms with Crippen molar-refractivity contribution in [3.05, 3.63) is 52.3 Å². The number of carbonyl (C=O) groups excluding carboxylic acids is 1. The molecule has 2 heterocycles. The molecule has 4 nitrogen and oxygen atoms in total. The van der Waals surface area contributed by atoms with Gasteiger partial charge in [0.15, 0.2) is 11.2 Å². The van der Waals surface area contributed by atoms with Gasteiger partial charge in [-0.2, -0.15) is 0 Å². The molecule has 0 fully saturated rings. The van der Waals surface area contributed by atoms with Gasteiger partial charge in [0.05, 0.1) is 13.3 Å². The summed E-state index contributed by atoms with van der Waals surface area (Å²) < 4.78 is 7.15. The molecule has 0 saturated heterocycles. The van der Waals surface area contributed by atoms with Crippen molar-refractivity contribution in [2.75, 3.05) is 7.11 Å². The molecule has 0 aliphatic rings. The normalized spacial score (nSPS) is 10.9. The highest BCUT2D eigenvalue weighted by Crippen LogP contribution is 2.26. The lowest BCUT2D eigenvalue weighted by atomic mass is 10.1. The largest absolute Gasteiger partial charge is 0.497 e. The van der Waals surface area contributed by atoms with E-state index in [0.717, 1.165) is 29.1 Å². The number of thiazole rings is 1. The van der Waals surface area contributed by atoms with Gasteiger partial charge in [-0.1, -0.05) is 12.1 Å². The molecule has 0 saturated carbocycles. The van der Waals surface area contributed by atoms with E-state index < -0.39 is 0 Å². The van der Waals surface area contributed by atoms with Crippen LogP contribution in [0.2, 0.25) is 0 Å². The third-order valence-electron chi connectivity index (χ3n) is 3.33. The number of hydrogen-bond donors (Lipinski definition) is 0. The van der Waals surface area contributed by atoms with Gasteiger partial charge in [0.2, 0.25) is 0 Å². The van der Waals surface area contributed by atoms with Gasteiger partial charge in [-0.3, -0.25) is 9.20 Å². The second-order valence-electron chi connectivity index (χ2n) is 4.56. The lowest BCUT2D eigenvalue weighted by Crippen LogP contribution is -1.94. The molecule has 3 rings (SSSR count). The number of fused-ring (bicyclic) bond motifs is 1. The van der Waals surface area contributed by atoms with E-state index in [1.54, 1.807) is 24.6 Å². The van der Waals surface area contributed by atoms with Crippen LogP contribution in [-0.4, -0.2) is 22.8 Å². The Morgan fingerprint density at radius 1 is 1.45 bits per heavy atom. The summed E-state index contributed by atoms with van der Waals surface area (Å²) in [6.07, 6.45) is 3.27. The molecular weight excluding hydrogens is 272 g/mol. The minimum Gasteiger partial charge on any atom is -0.497 e. The van der Waals surface area contributed by atoms with Gasteiger partial charge in [-0.15, -0.1) is 11.3 Å². The van der Waals surface area contributed by atoms with Gasteiger partial charge in [0.1, 0.15) is 11.4 Å². The van der Waals surface area contributed by atoms with Crippen molar-refractivity contribution < 1.29 is 9.53 Å². The van der Waals surface area contributed by atoms with Crippen molar-refractivity contribution in [2.24, 2.45) is 0 Å². The highest BCUT2D eigenvalue weighted by molar-refractivity contribution is 7.17. The topological polar surface area (TPSA) is 43.6 Å². The zero-order chi connectivity index (χ0) is 14.1. The molecule has 0 radical (unpaired) electrons. The maximum absolute atomic E-state index is 11.0. The molecule has 5 heteroatoms. The highest BCUT2D eigenvalue weighted by atomic mass is 32.1.